The fourth-order valence-corrected chi connectivity index (χ4v) is 6.15. The summed E-state index contributed by atoms with van der Waals surface area (Å²) in [7, 11) is 1.40. The molecule has 0 fully saturated rings. The number of fused-ring (bicyclic) bond motifs is 4. The van der Waals surface area contributed by atoms with Crippen molar-refractivity contribution in [3.05, 3.63) is 116 Å². The number of hydrogen-bond donors (Lipinski definition) is 3. The van der Waals surface area contributed by atoms with Gasteiger partial charge in [-0.2, -0.15) is 0 Å². The average Bonchev–Trinajstić information content (AvgIpc) is 3.46. The summed E-state index contributed by atoms with van der Waals surface area (Å²) < 4.78 is 17.2. The highest BCUT2D eigenvalue weighted by Crippen LogP contribution is 2.51. The minimum atomic E-state index is -1.42. The molecule has 0 radical (unpaired) electrons. The van der Waals surface area contributed by atoms with Crippen LogP contribution in [0.1, 0.15) is 37.8 Å². The fourth-order valence-electron chi connectivity index (χ4n) is 6.02. The molecule has 1 aromatic heterocycles. The molecule has 2 amide bonds. The van der Waals surface area contributed by atoms with E-state index in [0.717, 1.165) is 0 Å². The van der Waals surface area contributed by atoms with Crippen molar-refractivity contribution in [2.45, 2.75) is 30.7 Å². The van der Waals surface area contributed by atoms with Gasteiger partial charge in [0.1, 0.15) is 29.6 Å². The topological polar surface area (TPSA) is 156 Å². The molecule has 0 unspecified atom stereocenters. The third-order valence-corrected chi connectivity index (χ3v) is 8.42. The highest BCUT2D eigenvalue weighted by molar-refractivity contribution is 6.30. The van der Waals surface area contributed by atoms with Gasteiger partial charge in [0.2, 0.25) is 5.91 Å². The maximum absolute atomic E-state index is 14.3. The largest absolute Gasteiger partial charge is 0.493 e. The summed E-state index contributed by atoms with van der Waals surface area (Å²) in [6.07, 6.45) is -0.410. The summed E-state index contributed by atoms with van der Waals surface area (Å²) >= 11 is 6.11. The molecule has 3 N–H and O–H groups in total. The fraction of sp³-hybridized carbons (Fsp3) is 0.235. The van der Waals surface area contributed by atoms with Crippen molar-refractivity contribution in [2.24, 2.45) is 0 Å². The molecule has 0 spiro atoms. The first-order valence-electron chi connectivity index (χ1n) is 14.4. The van der Waals surface area contributed by atoms with Crippen molar-refractivity contribution in [3.8, 4) is 11.5 Å². The molecule has 0 saturated carbocycles. The molecule has 4 aromatic rings. The highest BCUT2D eigenvalue weighted by atomic mass is 35.5. The van der Waals surface area contributed by atoms with Gasteiger partial charge >= 0.3 is 5.63 Å². The number of aliphatic hydroxyl groups is 2. The number of hydrogen-bond acceptors (Lipinski definition) is 9. The maximum Gasteiger partial charge on any atom is 0.349 e. The van der Waals surface area contributed by atoms with Crippen LogP contribution >= 0.6 is 11.6 Å². The van der Waals surface area contributed by atoms with Gasteiger partial charge in [-0.15, -0.1) is 0 Å². The Kier molecular flexibility index (Phi) is 8.63. The number of carbonyl (C=O) groups is 3. The van der Waals surface area contributed by atoms with Gasteiger partial charge in [-0.3, -0.25) is 14.4 Å². The Bertz CT molecular complexity index is 1920. The lowest BCUT2D eigenvalue weighted by molar-refractivity contribution is -0.118. The number of halogens is 1. The molecule has 11 nitrogen and oxygen atoms in total. The minimum absolute atomic E-state index is 0.0578. The number of para-hydroxylation sites is 1. The molecular formula is C34H29ClN2O9. The normalized spacial score (nSPS) is 19.8. The molecule has 2 heterocycles. The number of rotatable bonds is 9. The van der Waals surface area contributed by atoms with Gasteiger partial charge in [0.15, 0.2) is 11.5 Å². The van der Waals surface area contributed by atoms with Gasteiger partial charge in [-0.05, 0) is 48.0 Å². The van der Waals surface area contributed by atoms with Crippen LogP contribution < -0.4 is 20.4 Å². The standard InChI is InChI=1S/C34H29ClN2O9/c1-44-27-13-19(17-39)12-22-28-23(32(41)36-10-11-38)15-25(29(40)31(28)46-30(22)27)37(16-18-6-8-21(35)9-7-18)33(42)24-14-20-4-2-3-5-26(20)45-34(24)43/h2-9,12-15,17,25,28-29,31,38,40H,10-11,16H2,1H3,(H,36,41)/t25-,28+,29+,31+/m1/s1. The van der Waals surface area contributed by atoms with Crippen LogP contribution in [0.25, 0.3) is 11.0 Å². The molecule has 4 atom stereocenters. The van der Waals surface area contributed by atoms with E-state index in [4.69, 9.17) is 25.5 Å². The van der Waals surface area contributed by atoms with E-state index in [9.17, 15) is 29.4 Å². The van der Waals surface area contributed by atoms with Crippen LogP contribution in [0.4, 0.5) is 0 Å². The van der Waals surface area contributed by atoms with E-state index < -0.39 is 41.6 Å². The summed E-state index contributed by atoms with van der Waals surface area (Å²) in [5.41, 5.74) is 0.650. The van der Waals surface area contributed by atoms with Gasteiger partial charge in [0, 0.05) is 40.2 Å². The Morgan fingerprint density at radius 3 is 2.59 bits per heavy atom. The van der Waals surface area contributed by atoms with Crippen molar-refractivity contribution in [1.29, 1.82) is 0 Å². The second kappa shape index (κ2) is 12.8. The predicted molar refractivity (Wildman–Crippen MR) is 167 cm³/mol. The van der Waals surface area contributed by atoms with Crippen LogP contribution in [0, 0.1) is 0 Å². The predicted octanol–water partition coefficient (Wildman–Crippen LogP) is 3.23. The lowest BCUT2D eigenvalue weighted by Crippen LogP contribution is -2.55. The first-order chi connectivity index (χ1) is 22.2. The minimum Gasteiger partial charge on any atom is -0.493 e. The number of carbonyl (C=O) groups excluding carboxylic acids is 3. The van der Waals surface area contributed by atoms with Crippen LogP contribution in [0.5, 0.6) is 11.5 Å². The monoisotopic (exact) mass is 644 g/mol. The number of methoxy groups -OCH3 is 1. The second-order valence-electron chi connectivity index (χ2n) is 10.9. The van der Waals surface area contributed by atoms with E-state index in [-0.39, 0.29) is 47.9 Å². The lowest BCUT2D eigenvalue weighted by atomic mass is 9.77. The van der Waals surface area contributed by atoms with E-state index in [1.807, 2.05) is 0 Å². The third kappa shape index (κ3) is 5.64. The Balaban J connectivity index is 1.50. The molecule has 6 rings (SSSR count). The van der Waals surface area contributed by atoms with Crippen LogP contribution in [0.3, 0.4) is 0 Å². The van der Waals surface area contributed by atoms with Crippen molar-refractivity contribution >= 4 is 40.7 Å². The average molecular weight is 645 g/mol. The van der Waals surface area contributed by atoms with Crippen molar-refractivity contribution < 1.29 is 38.5 Å². The van der Waals surface area contributed by atoms with E-state index in [0.29, 0.717) is 33.4 Å². The number of benzene rings is 3. The van der Waals surface area contributed by atoms with Crippen molar-refractivity contribution in [1.82, 2.24) is 10.2 Å². The molecule has 0 saturated heterocycles. The molecular weight excluding hydrogens is 616 g/mol. The highest BCUT2D eigenvalue weighted by Gasteiger charge is 2.51. The van der Waals surface area contributed by atoms with Crippen LogP contribution in [-0.4, -0.2) is 71.7 Å². The number of nitrogens with zero attached hydrogens (tertiary/aromatic N) is 1. The summed E-state index contributed by atoms with van der Waals surface area (Å²) in [5, 5.41) is 25.0. The maximum atomic E-state index is 14.3. The lowest BCUT2D eigenvalue weighted by Gasteiger charge is -2.40. The van der Waals surface area contributed by atoms with Crippen LogP contribution in [0.2, 0.25) is 5.02 Å². The van der Waals surface area contributed by atoms with Crippen LogP contribution in [-0.2, 0) is 11.3 Å². The Hall–Kier alpha value is -4.97. The summed E-state index contributed by atoms with van der Waals surface area (Å²) in [6, 6.07) is 16.8. The molecule has 1 aliphatic carbocycles. The molecule has 1 aliphatic heterocycles. The zero-order valence-electron chi connectivity index (χ0n) is 24.5. The first kappa shape index (κ1) is 31.0. The van der Waals surface area contributed by atoms with Gasteiger partial charge in [-0.1, -0.05) is 41.9 Å². The van der Waals surface area contributed by atoms with Crippen LogP contribution in [0.15, 0.2) is 87.6 Å². The smallest absolute Gasteiger partial charge is 0.349 e. The molecule has 236 valence electrons. The summed E-state index contributed by atoms with van der Waals surface area (Å²) in [6.45, 7) is -0.471. The zero-order valence-corrected chi connectivity index (χ0v) is 25.3. The number of amides is 2. The van der Waals surface area contributed by atoms with Gasteiger partial charge < -0.3 is 34.3 Å². The number of ether oxygens (including phenoxy) is 2. The number of nitrogens with one attached hydrogen (secondary N) is 1. The SMILES string of the molecule is COc1cc(C=O)cc2c1O[C@@H]1[C@@H](O)[C@H](N(Cc3ccc(Cl)cc3)C(=O)c3cc4ccccc4oc3=O)C=C(C(=O)NCCO)[C@H]21. The number of aliphatic hydroxyl groups excluding tert-OH is 2. The molecule has 3 aromatic carbocycles. The first-order valence-corrected chi connectivity index (χ1v) is 14.8. The van der Waals surface area contributed by atoms with Gasteiger partial charge in [0.05, 0.1) is 25.7 Å². The molecule has 2 aliphatic rings. The summed E-state index contributed by atoms with van der Waals surface area (Å²) in [5.74, 6) is -1.70. The Morgan fingerprint density at radius 2 is 1.87 bits per heavy atom. The Labute approximate surface area is 267 Å². The van der Waals surface area contributed by atoms with E-state index in [1.165, 1.54) is 30.2 Å². The molecule has 12 heteroatoms. The molecule has 0 bridgehead atoms. The molecule has 46 heavy (non-hydrogen) atoms. The third-order valence-electron chi connectivity index (χ3n) is 8.17. The van der Waals surface area contributed by atoms with Crippen molar-refractivity contribution in [3.63, 3.8) is 0 Å². The van der Waals surface area contributed by atoms with E-state index in [1.54, 1.807) is 54.6 Å². The van der Waals surface area contributed by atoms with E-state index in [2.05, 4.69) is 5.32 Å². The second-order valence-corrected chi connectivity index (χ2v) is 11.4. The van der Waals surface area contributed by atoms with E-state index >= 15 is 0 Å². The summed E-state index contributed by atoms with van der Waals surface area (Å²) in [4.78, 5) is 54.1. The zero-order chi connectivity index (χ0) is 32.5. The van der Waals surface area contributed by atoms with Gasteiger partial charge in [0.25, 0.3) is 5.91 Å². The van der Waals surface area contributed by atoms with Gasteiger partial charge in [-0.25, -0.2) is 4.79 Å². The van der Waals surface area contributed by atoms with Crippen molar-refractivity contribution in [2.75, 3.05) is 20.3 Å². The Morgan fingerprint density at radius 1 is 1.11 bits per heavy atom. The number of aldehydes is 1. The quantitative estimate of drug-likeness (QED) is 0.184.